The van der Waals surface area contributed by atoms with E-state index in [1.165, 1.54) is 4.31 Å². The molecule has 1 amide bonds. The Balaban J connectivity index is 1.77. The van der Waals surface area contributed by atoms with Crippen molar-refractivity contribution in [3.8, 4) is 0 Å². The summed E-state index contributed by atoms with van der Waals surface area (Å²) in [6.45, 7) is 4.28. The second kappa shape index (κ2) is 8.00. The molecule has 0 saturated carbocycles. The van der Waals surface area contributed by atoms with Gasteiger partial charge in [-0.3, -0.25) is 4.79 Å². The highest BCUT2D eigenvalue weighted by Crippen LogP contribution is 2.27. The summed E-state index contributed by atoms with van der Waals surface area (Å²) in [7, 11) is -3.66. The normalized spacial score (nSPS) is 18.3. The summed E-state index contributed by atoms with van der Waals surface area (Å²) < 4.78 is 27.6. The molecular weight excluding hydrogens is 384 g/mol. The number of nitrogens with zero attached hydrogens (tertiary/aromatic N) is 1. The van der Waals surface area contributed by atoms with Gasteiger partial charge in [-0.05, 0) is 56.0 Å². The van der Waals surface area contributed by atoms with Crippen molar-refractivity contribution in [2.45, 2.75) is 37.6 Å². The third-order valence-corrected chi connectivity index (χ3v) is 7.36. The fraction of sp³-hybridized carbons (Fsp3) is 0.350. The van der Waals surface area contributed by atoms with Gasteiger partial charge in [0.15, 0.2) is 0 Å². The zero-order valence-corrected chi connectivity index (χ0v) is 17.0. The number of aryl methyl sites for hydroxylation is 1. The van der Waals surface area contributed by atoms with Crippen LogP contribution in [0, 0.1) is 13.8 Å². The van der Waals surface area contributed by atoms with Gasteiger partial charge in [0.05, 0.1) is 4.90 Å². The maximum Gasteiger partial charge on any atom is 0.251 e. The average Bonchev–Trinajstić information content (AvgIpc) is 2.64. The standard InChI is InChI=1S/C20H23ClN2O3S/c1-14-7-3-4-9-17(14)20(24)22-16-8-6-12-23(13-16)27(25,26)19-11-5-10-18(21)15(19)2/h3-5,7,9-11,16H,6,8,12-13H2,1-2H3,(H,22,24)/t16-/m0/s1. The molecule has 2 aromatic rings. The van der Waals surface area contributed by atoms with E-state index in [0.717, 1.165) is 12.0 Å². The Hall–Kier alpha value is -1.89. The Kier molecular flexibility index (Phi) is 5.89. The summed E-state index contributed by atoms with van der Waals surface area (Å²) in [6, 6.07) is 12.0. The zero-order chi connectivity index (χ0) is 19.6. The molecule has 1 heterocycles. The fourth-order valence-electron chi connectivity index (χ4n) is 3.38. The van der Waals surface area contributed by atoms with Gasteiger partial charge in [0.1, 0.15) is 0 Å². The van der Waals surface area contributed by atoms with Crippen LogP contribution in [0.1, 0.15) is 34.3 Å². The zero-order valence-electron chi connectivity index (χ0n) is 15.4. The van der Waals surface area contributed by atoms with E-state index in [0.29, 0.717) is 29.1 Å². The van der Waals surface area contributed by atoms with E-state index in [4.69, 9.17) is 11.6 Å². The van der Waals surface area contributed by atoms with E-state index in [9.17, 15) is 13.2 Å². The van der Waals surface area contributed by atoms with Crippen molar-refractivity contribution in [1.29, 1.82) is 0 Å². The van der Waals surface area contributed by atoms with Gasteiger partial charge in [0, 0.05) is 29.7 Å². The van der Waals surface area contributed by atoms with Crippen LogP contribution < -0.4 is 5.32 Å². The monoisotopic (exact) mass is 406 g/mol. The molecule has 1 fully saturated rings. The van der Waals surface area contributed by atoms with Crippen LogP contribution in [0.5, 0.6) is 0 Å². The minimum atomic E-state index is -3.66. The van der Waals surface area contributed by atoms with Gasteiger partial charge in [-0.1, -0.05) is 35.9 Å². The lowest BCUT2D eigenvalue weighted by molar-refractivity contribution is 0.0920. The lowest BCUT2D eigenvalue weighted by Crippen LogP contribution is -2.49. The van der Waals surface area contributed by atoms with Crippen LogP contribution in [0.2, 0.25) is 5.02 Å². The Morgan fingerprint density at radius 3 is 2.63 bits per heavy atom. The molecule has 0 bridgehead atoms. The number of amides is 1. The molecule has 5 nitrogen and oxygen atoms in total. The highest BCUT2D eigenvalue weighted by atomic mass is 35.5. The summed E-state index contributed by atoms with van der Waals surface area (Å²) in [5.41, 5.74) is 2.05. The molecule has 0 unspecified atom stereocenters. The van der Waals surface area contributed by atoms with Crippen LogP contribution in [0.3, 0.4) is 0 Å². The number of sulfonamides is 1. The summed E-state index contributed by atoms with van der Waals surface area (Å²) in [5, 5.41) is 3.41. The lowest BCUT2D eigenvalue weighted by atomic mass is 10.1. The van der Waals surface area contributed by atoms with Crippen molar-refractivity contribution in [3.05, 3.63) is 64.2 Å². The van der Waals surface area contributed by atoms with Crippen LogP contribution in [-0.2, 0) is 10.0 Å². The third-order valence-electron chi connectivity index (χ3n) is 4.94. The molecule has 3 rings (SSSR count). The van der Waals surface area contributed by atoms with Gasteiger partial charge in [-0.25, -0.2) is 8.42 Å². The average molecular weight is 407 g/mol. The van der Waals surface area contributed by atoms with Crippen LogP contribution in [0.15, 0.2) is 47.4 Å². The Labute approximate surface area is 165 Å². The lowest BCUT2D eigenvalue weighted by Gasteiger charge is -2.32. The molecule has 27 heavy (non-hydrogen) atoms. The Morgan fingerprint density at radius 1 is 1.15 bits per heavy atom. The molecule has 2 aromatic carbocycles. The predicted octanol–water partition coefficient (Wildman–Crippen LogP) is 3.54. The molecule has 1 aliphatic heterocycles. The number of carbonyl (C=O) groups is 1. The van der Waals surface area contributed by atoms with Gasteiger partial charge < -0.3 is 5.32 Å². The number of benzene rings is 2. The molecule has 0 aromatic heterocycles. The number of hydrogen-bond acceptors (Lipinski definition) is 3. The summed E-state index contributed by atoms with van der Waals surface area (Å²) in [5.74, 6) is -0.170. The Morgan fingerprint density at radius 2 is 1.89 bits per heavy atom. The Bertz CT molecular complexity index is 959. The molecule has 0 spiro atoms. The number of hydrogen-bond donors (Lipinski definition) is 1. The van der Waals surface area contributed by atoms with Gasteiger partial charge in [-0.2, -0.15) is 4.31 Å². The first-order valence-corrected chi connectivity index (χ1v) is 10.7. The summed E-state index contributed by atoms with van der Waals surface area (Å²) >= 11 is 6.10. The number of piperidine rings is 1. The number of halogens is 1. The minimum absolute atomic E-state index is 0.170. The molecule has 1 atom stereocenters. The van der Waals surface area contributed by atoms with Crippen LogP contribution in [0.25, 0.3) is 0 Å². The van der Waals surface area contributed by atoms with Crippen molar-refractivity contribution < 1.29 is 13.2 Å². The molecule has 1 N–H and O–H groups in total. The van der Waals surface area contributed by atoms with Crippen molar-refractivity contribution in [3.63, 3.8) is 0 Å². The van der Waals surface area contributed by atoms with Crippen molar-refractivity contribution in [1.82, 2.24) is 9.62 Å². The molecule has 0 aliphatic carbocycles. The fourth-order valence-corrected chi connectivity index (χ4v) is 5.38. The van der Waals surface area contributed by atoms with Crippen molar-refractivity contribution >= 4 is 27.5 Å². The molecule has 0 radical (unpaired) electrons. The summed E-state index contributed by atoms with van der Waals surface area (Å²) in [4.78, 5) is 12.8. The molecule has 1 saturated heterocycles. The van der Waals surface area contributed by atoms with E-state index in [-0.39, 0.29) is 23.4 Å². The SMILES string of the molecule is Cc1ccccc1C(=O)N[C@H]1CCCN(S(=O)(=O)c2cccc(Cl)c2C)C1. The molecule has 144 valence electrons. The van der Waals surface area contributed by atoms with Crippen molar-refractivity contribution in [2.75, 3.05) is 13.1 Å². The molecule has 7 heteroatoms. The first-order valence-electron chi connectivity index (χ1n) is 8.92. The second-order valence-corrected chi connectivity index (χ2v) is 9.17. The van der Waals surface area contributed by atoms with E-state index in [2.05, 4.69) is 5.32 Å². The van der Waals surface area contributed by atoms with Crippen LogP contribution >= 0.6 is 11.6 Å². The largest absolute Gasteiger partial charge is 0.348 e. The first-order chi connectivity index (χ1) is 12.8. The van der Waals surface area contributed by atoms with Gasteiger partial charge in [-0.15, -0.1) is 0 Å². The second-order valence-electron chi connectivity index (χ2n) is 6.85. The van der Waals surface area contributed by atoms with Crippen LogP contribution in [0.4, 0.5) is 0 Å². The highest BCUT2D eigenvalue weighted by Gasteiger charge is 2.32. The number of carbonyl (C=O) groups excluding carboxylic acids is 1. The topological polar surface area (TPSA) is 66.5 Å². The minimum Gasteiger partial charge on any atom is -0.348 e. The van der Waals surface area contributed by atoms with Gasteiger partial charge in [0.25, 0.3) is 5.91 Å². The van der Waals surface area contributed by atoms with Gasteiger partial charge >= 0.3 is 0 Å². The molecular formula is C20H23ClN2O3S. The third kappa shape index (κ3) is 4.18. The quantitative estimate of drug-likeness (QED) is 0.844. The maximum atomic E-state index is 13.1. The molecule has 1 aliphatic rings. The van der Waals surface area contributed by atoms with E-state index < -0.39 is 10.0 Å². The maximum absolute atomic E-state index is 13.1. The van der Waals surface area contributed by atoms with Crippen LogP contribution in [-0.4, -0.2) is 37.8 Å². The van der Waals surface area contributed by atoms with E-state index in [1.807, 2.05) is 25.1 Å². The van der Waals surface area contributed by atoms with Gasteiger partial charge in [0.2, 0.25) is 10.0 Å². The summed E-state index contributed by atoms with van der Waals surface area (Å²) in [6.07, 6.45) is 1.44. The number of rotatable bonds is 4. The predicted molar refractivity (Wildman–Crippen MR) is 107 cm³/mol. The smallest absolute Gasteiger partial charge is 0.251 e. The highest BCUT2D eigenvalue weighted by molar-refractivity contribution is 7.89. The first kappa shape index (κ1) is 19.9. The van der Waals surface area contributed by atoms with E-state index in [1.54, 1.807) is 31.2 Å². The van der Waals surface area contributed by atoms with E-state index >= 15 is 0 Å². The number of nitrogens with one attached hydrogen (secondary N) is 1. The van der Waals surface area contributed by atoms with Crippen molar-refractivity contribution in [2.24, 2.45) is 0 Å².